The molecule has 176 valence electrons. The van der Waals surface area contributed by atoms with Crippen LogP contribution < -0.4 is 11.1 Å². The lowest BCUT2D eigenvalue weighted by molar-refractivity contribution is -0.141. The number of imidazole rings is 1. The van der Waals surface area contributed by atoms with E-state index in [0.29, 0.717) is 11.1 Å². The molecular formula is C24H18F3N7O. The van der Waals surface area contributed by atoms with Crippen LogP contribution in [0.2, 0.25) is 0 Å². The largest absolute Gasteiger partial charge is 0.435 e. The zero-order chi connectivity index (χ0) is 24.7. The van der Waals surface area contributed by atoms with Crippen molar-refractivity contribution in [2.24, 2.45) is 0 Å². The Hall–Kier alpha value is -4.67. The second-order valence-electron chi connectivity index (χ2n) is 7.77. The number of hydrogen-bond donors (Lipinski definition) is 2. The maximum Gasteiger partial charge on any atom is 0.435 e. The number of benzene rings is 2. The van der Waals surface area contributed by atoms with Crippen LogP contribution in [0, 0.1) is 6.92 Å². The lowest BCUT2D eigenvalue weighted by atomic mass is 10.1. The van der Waals surface area contributed by atoms with Gasteiger partial charge < -0.3 is 15.6 Å². The molecule has 2 aromatic carbocycles. The number of fused-ring (bicyclic) bond motifs is 1. The van der Waals surface area contributed by atoms with Crippen LogP contribution >= 0.6 is 0 Å². The number of amides is 1. The highest BCUT2D eigenvalue weighted by Crippen LogP contribution is 2.31. The van der Waals surface area contributed by atoms with Gasteiger partial charge in [-0.1, -0.05) is 6.07 Å². The van der Waals surface area contributed by atoms with E-state index in [-0.39, 0.29) is 17.2 Å². The molecule has 0 saturated carbocycles. The monoisotopic (exact) mass is 477 g/mol. The Morgan fingerprint density at radius 2 is 1.71 bits per heavy atom. The average molecular weight is 477 g/mol. The molecule has 0 spiro atoms. The predicted molar refractivity (Wildman–Crippen MR) is 125 cm³/mol. The molecule has 5 rings (SSSR count). The number of nitrogens with zero attached hydrogens (tertiary/aromatic N) is 5. The number of anilines is 2. The zero-order valence-corrected chi connectivity index (χ0v) is 18.3. The van der Waals surface area contributed by atoms with E-state index in [9.17, 15) is 18.0 Å². The third-order valence-electron chi connectivity index (χ3n) is 5.49. The van der Waals surface area contributed by atoms with Gasteiger partial charge >= 0.3 is 6.18 Å². The molecule has 5 aromatic rings. The topological polar surface area (TPSA) is 104 Å². The number of nitrogens with two attached hydrogens (primary N) is 1. The highest BCUT2D eigenvalue weighted by molar-refractivity contribution is 6.03. The van der Waals surface area contributed by atoms with Gasteiger partial charge in [0.25, 0.3) is 5.91 Å². The number of nitrogen functional groups attached to an aromatic ring is 1. The van der Waals surface area contributed by atoms with Crippen LogP contribution in [0.3, 0.4) is 0 Å². The van der Waals surface area contributed by atoms with Gasteiger partial charge in [-0.2, -0.15) is 18.3 Å². The molecule has 0 atom stereocenters. The van der Waals surface area contributed by atoms with Crippen molar-refractivity contribution in [3.8, 4) is 11.4 Å². The number of carbonyl (C=O) groups is 1. The first-order valence-corrected chi connectivity index (χ1v) is 10.4. The zero-order valence-electron chi connectivity index (χ0n) is 18.3. The highest BCUT2D eigenvalue weighted by Gasteiger charge is 2.36. The number of aromatic nitrogens is 5. The summed E-state index contributed by atoms with van der Waals surface area (Å²) in [5.41, 5.74) is 5.93. The molecule has 0 radical (unpaired) electrons. The van der Waals surface area contributed by atoms with Gasteiger partial charge in [0.15, 0.2) is 5.69 Å². The molecule has 35 heavy (non-hydrogen) atoms. The van der Waals surface area contributed by atoms with Crippen molar-refractivity contribution in [1.82, 2.24) is 24.3 Å². The Labute approximate surface area is 196 Å². The van der Waals surface area contributed by atoms with E-state index >= 15 is 0 Å². The molecule has 3 aromatic heterocycles. The molecule has 0 aliphatic carbocycles. The Balaban J connectivity index is 1.50. The van der Waals surface area contributed by atoms with E-state index in [4.69, 9.17) is 5.73 Å². The fraction of sp³-hybridized carbons (Fsp3) is 0.0833. The minimum atomic E-state index is -4.73. The maximum absolute atomic E-state index is 13.5. The molecule has 0 saturated heterocycles. The van der Waals surface area contributed by atoms with Crippen molar-refractivity contribution >= 4 is 28.2 Å². The van der Waals surface area contributed by atoms with Crippen LogP contribution in [0.25, 0.3) is 22.1 Å². The summed E-state index contributed by atoms with van der Waals surface area (Å²) >= 11 is 0. The standard InChI is InChI=1S/C24H18F3N7O/c1-14-29-10-11-33(14)17-6-3-16(4-7-17)31-23(35)20-13-21(24(25,26)27)32-34(20)18-5-2-15-8-9-30-22(28)19(15)12-18/h2-13H,1H3,(H2,28,30)(H,31,35). The summed E-state index contributed by atoms with van der Waals surface area (Å²) in [4.78, 5) is 21.2. The summed E-state index contributed by atoms with van der Waals surface area (Å²) < 4.78 is 43.2. The van der Waals surface area contributed by atoms with E-state index in [0.717, 1.165) is 27.6 Å². The summed E-state index contributed by atoms with van der Waals surface area (Å²) in [6, 6.07) is 14.1. The van der Waals surface area contributed by atoms with Crippen molar-refractivity contribution in [3.63, 3.8) is 0 Å². The first-order valence-electron chi connectivity index (χ1n) is 10.4. The minimum absolute atomic E-state index is 0.215. The minimum Gasteiger partial charge on any atom is -0.383 e. The Bertz CT molecular complexity index is 1550. The Kier molecular flexibility index (Phi) is 5.24. The van der Waals surface area contributed by atoms with Crippen molar-refractivity contribution < 1.29 is 18.0 Å². The maximum atomic E-state index is 13.5. The average Bonchev–Trinajstić information content (AvgIpc) is 3.47. The molecule has 0 aliphatic heterocycles. The fourth-order valence-electron chi connectivity index (χ4n) is 3.74. The van der Waals surface area contributed by atoms with Gasteiger partial charge in [-0.05, 0) is 54.8 Å². The summed E-state index contributed by atoms with van der Waals surface area (Å²) in [7, 11) is 0. The number of hydrogen-bond acceptors (Lipinski definition) is 5. The molecule has 3 N–H and O–H groups in total. The Morgan fingerprint density at radius 3 is 2.40 bits per heavy atom. The number of halogens is 3. The second-order valence-corrected chi connectivity index (χ2v) is 7.77. The SMILES string of the molecule is Cc1nccn1-c1ccc(NC(=O)c2cc(C(F)(F)F)nn2-c2ccc3ccnc(N)c3c2)cc1. The normalized spacial score (nSPS) is 11.7. The first-order chi connectivity index (χ1) is 16.7. The second kappa shape index (κ2) is 8.28. The van der Waals surface area contributed by atoms with Gasteiger partial charge in [-0.15, -0.1) is 0 Å². The van der Waals surface area contributed by atoms with Crippen LogP contribution in [0.4, 0.5) is 24.7 Å². The first kappa shape index (κ1) is 22.1. The summed E-state index contributed by atoms with van der Waals surface area (Å²) in [6.45, 7) is 1.85. The van der Waals surface area contributed by atoms with E-state index in [1.807, 2.05) is 11.5 Å². The van der Waals surface area contributed by atoms with Gasteiger partial charge in [0.05, 0.1) is 5.69 Å². The van der Waals surface area contributed by atoms with Crippen LogP contribution in [-0.4, -0.2) is 30.2 Å². The van der Waals surface area contributed by atoms with Gasteiger partial charge in [0, 0.05) is 41.4 Å². The number of carbonyl (C=O) groups excluding carboxylic acids is 1. The lowest BCUT2D eigenvalue weighted by Gasteiger charge is -2.11. The van der Waals surface area contributed by atoms with E-state index in [1.54, 1.807) is 60.9 Å². The molecule has 1 amide bonds. The van der Waals surface area contributed by atoms with E-state index in [2.05, 4.69) is 20.4 Å². The van der Waals surface area contributed by atoms with Gasteiger partial charge in [0.1, 0.15) is 17.3 Å². The number of rotatable bonds is 4. The molecule has 11 heteroatoms. The summed E-state index contributed by atoms with van der Waals surface area (Å²) in [5.74, 6) is 0.252. The van der Waals surface area contributed by atoms with Crippen LogP contribution in [0.1, 0.15) is 22.0 Å². The molecule has 0 fully saturated rings. The van der Waals surface area contributed by atoms with E-state index in [1.165, 1.54) is 6.20 Å². The van der Waals surface area contributed by atoms with Gasteiger partial charge in [-0.3, -0.25) is 4.79 Å². The smallest absolute Gasteiger partial charge is 0.383 e. The number of pyridine rings is 1. The predicted octanol–water partition coefficient (Wildman–Crippen LogP) is 4.77. The number of nitrogens with one attached hydrogen (secondary N) is 1. The van der Waals surface area contributed by atoms with Crippen molar-refractivity contribution in [2.45, 2.75) is 13.1 Å². The quantitative estimate of drug-likeness (QED) is 0.388. The fourth-order valence-corrected chi connectivity index (χ4v) is 3.74. The molecule has 8 nitrogen and oxygen atoms in total. The van der Waals surface area contributed by atoms with Crippen LogP contribution in [0.5, 0.6) is 0 Å². The van der Waals surface area contributed by atoms with Gasteiger partial charge in [0.2, 0.25) is 0 Å². The molecule has 0 aliphatic rings. The molecule has 3 heterocycles. The van der Waals surface area contributed by atoms with Crippen molar-refractivity contribution in [2.75, 3.05) is 11.1 Å². The lowest BCUT2D eigenvalue weighted by Crippen LogP contribution is -2.17. The van der Waals surface area contributed by atoms with Crippen molar-refractivity contribution in [3.05, 3.63) is 90.4 Å². The molecular weight excluding hydrogens is 459 g/mol. The number of aryl methyl sites for hydroxylation is 1. The molecule has 0 bridgehead atoms. The highest BCUT2D eigenvalue weighted by atomic mass is 19.4. The third kappa shape index (κ3) is 4.19. The Morgan fingerprint density at radius 1 is 0.971 bits per heavy atom. The summed E-state index contributed by atoms with van der Waals surface area (Å²) in [5, 5.41) is 7.59. The van der Waals surface area contributed by atoms with Gasteiger partial charge in [-0.25, -0.2) is 14.6 Å². The third-order valence-corrected chi connectivity index (χ3v) is 5.49. The number of alkyl halides is 3. The van der Waals surface area contributed by atoms with Crippen molar-refractivity contribution in [1.29, 1.82) is 0 Å². The van der Waals surface area contributed by atoms with Crippen LogP contribution in [-0.2, 0) is 6.18 Å². The molecule has 0 unspecified atom stereocenters. The summed E-state index contributed by atoms with van der Waals surface area (Å²) in [6.07, 6.45) is 0.264. The van der Waals surface area contributed by atoms with Crippen LogP contribution in [0.15, 0.2) is 73.2 Å². The van der Waals surface area contributed by atoms with E-state index < -0.39 is 17.8 Å².